The number of rotatable bonds is 2. The number of hydrogen-bond donors (Lipinski definition) is 1. The average molecular weight is 243 g/mol. The third kappa shape index (κ3) is 1.97. The maximum atomic E-state index is 6.04. The van der Waals surface area contributed by atoms with E-state index in [1.807, 2.05) is 0 Å². The lowest BCUT2D eigenvalue weighted by Crippen LogP contribution is -2.07. The summed E-state index contributed by atoms with van der Waals surface area (Å²) in [6.45, 7) is 0.353. The second-order valence-electron chi connectivity index (χ2n) is 2.94. The van der Waals surface area contributed by atoms with Gasteiger partial charge in [0, 0.05) is 11.6 Å². The highest BCUT2D eigenvalue weighted by atomic mass is 35.5. The third-order valence-corrected chi connectivity index (χ3v) is 2.50. The summed E-state index contributed by atoms with van der Waals surface area (Å²) in [7, 11) is 0. The highest BCUT2D eigenvalue weighted by Gasteiger charge is 2.08. The molecule has 0 unspecified atom stereocenters. The van der Waals surface area contributed by atoms with Crippen molar-refractivity contribution < 1.29 is 0 Å². The fourth-order valence-electron chi connectivity index (χ4n) is 1.25. The van der Waals surface area contributed by atoms with Gasteiger partial charge in [-0.1, -0.05) is 28.4 Å². The van der Waals surface area contributed by atoms with E-state index in [2.05, 4.69) is 10.3 Å². The van der Waals surface area contributed by atoms with Crippen molar-refractivity contribution >= 4 is 23.2 Å². The van der Waals surface area contributed by atoms with E-state index in [1.54, 1.807) is 29.1 Å². The summed E-state index contributed by atoms with van der Waals surface area (Å²) in [4.78, 5) is 0. The van der Waals surface area contributed by atoms with Gasteiger partial charge < -0.3 is 5.73 Å². The Labute approximate surface area is 96.6 Å². The van der Waals surface area contributed by atoms with Gasteiger partial charge in [0.1, 0.15) is 0 Å². The number of nitrogens with two attached hydrogens (primary N) is 1. The number of hydrogen-bond acceptors (Lipinski definition) is 3. The van der Waals surface area contributed by atoms with Gasteiger partial charge in [-0.25, -0.2) is 4.68 Å². The number of nitrogens with zero attached hydrogens (tertiary/aromatic N) is 3. The minimum atomic E-state index is 0.353. The van der Waals surface area contributed by atoms with E-state index in [-0.39, 0.29) is 0 Å². The molecule has 0 atom stereocenters. The van der Waals surface area contributed by atoms with E-state index in [9.17, 15) is 0 Å². The van der Waals surface area contributed by atoms with Crippen molar-refractivity contribution in [2.75, 3.05) is 0 Å². The van der Waals surface area contributed by atoms with Crippen molar-refractivity contribution in [3.63, 3.8) is 0 Å². The highest BCUT2D eigenvalue weighted by molar-refractivity contribution is 6.35. The maximum Gasteiger partial charge on any atom is 0.0854 e. The standard InChI is InChI=1S/C9H8Cl2N4/c10-6-1-2-9(8(11)3-6)15-7(4-12)5-13-14-15/h1-3,5H,4,12H2. The van der Waals surface area contributed by atoms with Crippen molar-refractivity contribution in [3.8, 4) is 5.69 Å². The molecule has 1 heterocycles. The smallest absolute Gasteiger partial charge is 0.0854 e. The van der Waals surface area contributed by atoms with Crippen LogP contribution in [0.15, 0.2) is 24.4 Å². The van der Waals surface area contributed by atoms with Gasteiger partial charge in [-0.3, -0.25) is 0 Å². The van der Waals surface area contributed by atoms with Gasteiger partial charge in [-0.15, -0.1) is 5.10 Å². The van der Waals surface area contributed by atoms with Crippen molar-refractivity contribution in [2.45, 2.75) is 6.54 Å². The average Bonchev–Trinajstić information content (AvgIpc) is 2.65. The van der Waals surface area contributed by atoms with Crippen LogP contribution in [0.1, 0.15) is 5.69 Å². The van der Waals surface area contributed by atoms with Crippen LogP contribution in [-0.2, 0) is 6.54 Å². The zero-order valence-corrected chi connectivity index (χ0v) is 9.20. The molecule has 2 aromatic rings. The van der Waals surface area contributed by atoms with Crippen LogP contribution in [0.3, 0.4) is 0 Å². The molecule has 1 aromatic carbocycles. The van der Waals surface area contributed by atoms with Gasteiger partial charge in [0.15, 0.2) is 0 Å². The van der Waals surface area contributed by atoms with Crippen LogP contribution in [0.4, 0.5) is 0 Å². The van der Waals surface area contributed by atoms with Gasteiger partial charge in [0.25, 0.3) is 0 Å². The predicted octanol–water partition coefficient (Wildman–Crippen LogP) is 2.03. The molecule has 0 radical (unpaired) electrons. The first kappa shape index (κ1) is 10.4. The molecular weight excluding hydrogens is 235 g/mol. The Bertz CT molecular complexity index is 481. The lowest BCUT2D eigenvalue weighted by molar-refractivity contribution is 0.762. The Hall–Kier alpha value is -1.10. The quantitative estimate of drug-likeness (QED) is 0.877. The molecular formula is C9H8Cl2N4. The summed E-state index contributed by atoms with van der Waals surface area (Å²) >= 11 is 11.8. The Kier molecular flexibility index (Phi) is 2.90. The van der Waals surface area contributed by atoms with Gasteiger partial charge in [-0.05, 0) is 18.2 Å². The minimum Gasteiger partial charge on any atom is -0.325 e. The molecule has 78 valence electrons. The molecule has 0 aliphatic heterocycles. The van der Waals surface area contributed by atoms with Crippen LogP contribution >= 0.6 is 23.2 Å². The first-order chi connectivity index (χ1) is 7.22. The Morgan fingerprint density at radius 3 is 2.80 bits per heavy atom. The lowest BCUT2D eigenvalue weighted by Gasteiger charge is -2.06. The van der Waals surface area contributed by atoms with Gasteiger partial charge >= 0.3 is 0 Å². The van der Waals surface area contributed by atoms with Gasteiger partial charge in [0.05, 0.1) is 22.6 Å². The summed E-state index contributed by atoms with van der Waals surface area (Å²) in [5.74, 6) is 0. The minimum absolute atomic E-state index is 0.353. The molecule has 0 bridgehead atoms. The summed E-state index contributed by atoms with van der Waals surface area (Å²) in [5.41, 5.74) is 7.05. The Balaban J connectivity index is 2.54. The molecule has 0 saturated heterocycles. The first-order valence-electron chi connectivity index (χ1n) is 4.27. The van der Waals surface area contributed by atoms with Crippen LogP contribution in [0.2, 0.25) is 10.0 Å². The zero-order valence-electron chi connectivity index (χ0n) is 7.69. The second-order valence-corrected chi connectivity index (χ2v) is 3.78. The van der Waals surface area contributed by atoms with Crippen LogP contribution in [0, 0.1) is 0 Å². The van der Waals surface area contributed by atoms with Crippen molar-refractivity contribution in [2.24, 2.45) is 5.73 Å². The second kappa shape index (κ2) is 4.18. The molecule has 0 aliphatic carbocycles. The molecule has 6 heteroatoms. The van der Waals surface area contributed by atoms with Crippen LogP contribution < -0.4 is 5.73 Å². The highest BCUT2D eigenvalue weighted by Crippen LogP contribution is 2.24. The van der Waals surface area contributed by atoms with Crippen molar-refractivity contribution in [1.29, 1.82) is 0 Å². The van der Waals surface area contributed by atoms with E-state index >= 15 is 0 Å². The predicted molar refractivity (Wildman–Crippen MR) is 59.3 cm³/mol. The van der Waals surface area contributed by atoms with E-state index in [1.165, 1.54) is 0 Å². The maximum absolute atomic E-state index is 6.04. The lowest BCUT2D eigenvalue weighted by atomic mass is 10.3. The zero-order chi connectivity index (χ0) is 10.8. The third-order valence-electron chi connectivity index (χ3n) is 1.97. The summed E-state index contributed by atoms with van der Waals surface area (Å²) in [6.07, 6.45) is 1.60. The largest absolute Gasteiger partial charge is 0.325 e. The molecule has 0 amide bonds. The number of benzene rings is 1. The molecule has 0 spiro atoms. The SMILES string of the molecule is NCc1cnnn1-c1ccc(Cl)cc1Cl. The summed E-state index contributed by atoms with van der Waals surface area (Å²) < 4.78 is 1.60. The van der Waals surface area contributed by atoms with Crippen LogP contribution in [-0.4, -0.2) is 15.0 Å². The number of aromatic nitrogens is 3. The van der Waals surface area contributed by atoms with E-state index in [0.29, 0.717) is 16.6 Å². The molecule has 4 nitrogen and oxygen atoms in total. The van der Waals surface area contributed by atoms with Gasteiger partial charge in [0.2, 0.25) is 0 Å². The molecule has 2 N–H and O–H groups in total. The Morgan fingerprint density at radius 2 is 2.13 bits per heavy atom. The first-order valence-corrected chi connectivity index (χ1v) is 5.03. The monoisotopic (exact) mass is 242 g/mol. The molecule has 0 fully saturated rings. The van der Waals surface area contributed by atoms with Crippen molar-refractivity contribution in [3.05, 3.63) is 40.1 Å². The molecule has 0 aliphatic rings. The molecule has 0 saturated carbocycles. The molecule has 15 heavy (non-hydrogen) atoms. The fraction of sp³-hybridized carbons (Fsp3) is 0.111. The van der Waals surface area contributed by atoms with Gasteiger partial charge in [-0.2, -0.15) is 0 Å². The van der Waals surface area contributed by atoms with E-state index in [4.69, 9.17) is 28.9 Å². The van der Waals surface area contributed by atoms with Crippen LogP contribution in [0.25, 0.3) is 5.69 Å². The van der Waals surface area contributed by atoms with Crippen molar-refractivity contribution in [1.82, 2.24) is 15.0 Å². The fourth-order valence-corrected chi connectivity index (χ4v) is 1.74. The topological polar surface area (TPSA) is 56.7 Å². The molecule has 1 aromatic heterocycles. The summed E-state index contributed by atoms with van der Waals surface area (Å²) in [5, 5.41) is 8.78. The van der Waals surface area contributed by atoms with Crippen LogP contribution in [0.5, 0.6) is 0 Å². The van der Waals surface area contributed by atoms with E-state index < -0.39 is 0 Å². The van der Waals surface area contributed by atoms with E-state index in [0.717, 1.165) is 11.4 Å². The normalized spacial score (nSPS) is 10.6. The Morgan fingerprint density at radius 1 is 1.33 bits per heavy atom. The molecule has 2 rings (SSSR count). The summed E-state index contributed by atoms with van der Waals surface area (Å²) in [6, 6.07) is 5.17. The number of halogens is 2.